The van der Waals surface area contributed by atoms with Crippen LogP contribution in [0.3, 0.4) is 0 Å². The molecule has 134 valence electrons. The number of fused-ring (bicyclic) bond motifs is 1. The average Bonchev–Trinajstić information content (AvgIpc) is 2.82. The van der Waals surface area contributed by atoms with Gasteiger partial charge in [0, 0.05) is 25.0 Å². The summed E-state index contributed by atoms with van der Waals surface area (Å²) in [6, 6.07) is 6.99. The summed E-state index contributed by atoms with van der Waals surface area (Å²) < 4.78 is 7.87. The van der Waals surface area contributed by atoms with Crippen LogP contribution in [0, 0.1) is 0 Å². The van der Waals surface area contributed by atoms with Crippen LogP contribution >= 0.6 is 11.6 Å². The first-order chi connectivity index (χ1) is 12.0. The molecule has 1 aromatic carbocycles. The zero-order valence-electron chi connectivity index (χ0n) is 14.6. The van der Waals surface area contributed by atoms with Crippen LogP contribution in [0.15, 0.2) is 24.3 Å². The molecule has 0 aliphatic carbocycles. The van der Waals surface area contributed by atoms with Gasteiger partial charge in [0.25, 0.3) is 5.91 Å². The van der Waals surface area contributed by atoms with E-state index in [0.29, 0.717) is 17.3 Å². The van der Waals surface area contributed by atoms with Gasteiger partial charge in [-0.25, -0.2) is 0 Å². The Balaban J connectivity index is 1.62. The van der Waals surface area contributed by atoms with E-state index in [2.05, 4.69) is 14.8 Å². The number of ether oxygens (including phenoxy) is 1. The highest BCUT2D eigenvalue weighted by atomic mass is 35.5. The number of benzene rings is 1. The Kier molecular flexibility index (Phi) is 5.58. The number of hydrogen-bond acceptors (Lipinski definition) is 4. The number of nitrogens with zero attached hydrogens (tertiary/aromatic N) is 4. The van der Waals surface area contributed by atoms with Gasteiger partial charge in [0.1, 0.15) is 11.6 Å². The normalized spacial score (nSPS) is 15.2. The molecule has 1 aliphatic rings. The van der Waals surface area contributed by atoms with Gasteiger partial charge in [-0.1, -0.05) is 18.0 Å². The van der Waals surface area contributed by atoms with Crippen LogP contribution in [0.5, 0.6) is 5.75 Å². The van der Waals surface area contributed by atoms with E-state index >= 15 is 0 Å². The zero-order valence-corrected chi connectivity index (χ0v) is 15.4. The van der Waals surface area contributed by atoms with Crippen molar-refractivity contribution in [3.8, 4) is 5.75 Å². The Bertz CT molecular complexity index is 729. The summed E-state index contributed by atoms with van der Waals surface area (Å²) in [7, 11) is 1.77. The third-order valence-electron chi connectivity index (χ3n) is 4.42. The molecule has 0 spiro atoms. The quantitative estimate of drug-likeness (QED) is 0.820. The van der Waals surface area contributed by atoms with Crippen molar-refractivity contribution in [1.29, 1.82) is 0 Å². The lowest BCUT2D eigenvalue weighted by Crippen LogP contribution is -2.38. The van der Waals surface area contributed by atoms with Crippen molar-refractivity contribution in [1.82, 2.24) is 19.7 Å². The third-order valence-corrected chi connectivity index (χ3v) is 4.67. The summed E-state index contributed by atoms with van der Waals surface area (Å²) >= 11 is 5.86. The monoisotopic (exact) mass is 362 g/mol. The topological polar surface area (TPSA) is 60.2 Å². The zero-order chi connectivity index (χ0) is 17.8. The van der Waals surface area contributed by atoms with Crippen molar-refractivity contribution < 1.29 is 9.53 Å². The highest BCUT2D eigenvalue weighted by Crippen LogP contribution is 2.18. The Morgan fingerprint density at radius 3 is 2.80 bits per heavy atom. The predicted octanol–water partition coefficient (Wildman–Crippen LogP) is 3.08. The van der Waals surface area contributed by atoms with Gasteiger partial charge >= 0.3 is 0 Å². The standard InChI is InChI=1S/C18H23ClN4O2/c1-13(25-15-9-7-14(19)8-10-15)18(24)22(2)12-17-21-20-16-6-4-3-5-11-23(16)17/h7-10,13H,3-6,11-12H2,1-2H3/t13-/m1/s1. The van der Waals surface area contributed by atoms with Crippen molar-refractivity contribution in [2.75, 3.05) is 7.05 Å². The fourth-order valence-corrected chi connectivity index (χ4v) is 3.16. The van der Waals surface area contributed by atoms with Gasteiger partial charge < -0.3 is 14.2 Å². The molecule has 6 nitrogen and oxygen atoms in total. The summed E-state index contributed by atoms with van der Waals surface area (Å²) in [5.74, 6) is 2.39. The molecule has 0 saturated heterocycles. The number of aromatic nitrogens is 3. The van der Waals surface area contributed by atoms with E-state index in [0.717, 1.165) is 37.5 Å². The van der Waals surface area contributed by atoms with E-state index < -0.39 is 6.10 Å². The molecule has 2 aromatic rings. The third kappa shape index (κ3) is 4.31. The number of hydrogen-bond donors (Lipinski definition) is 0. The van der Waals surface area contributed by atoms with Crippen molar-refractivity contribution in [3.63, 3.8) is 0 Å². The fourth-order valence-electron chi connectivity index (χ4n) is 3.03. The number of likely N-dealkylation sites (N-methyl/N-ethyl adjacent to an activating group) is 1. The van der Waals surface area contributed by atoms with Crippen LogP contribution in [-0.4, -0.2) is 38.7 Å². The van der Waals surface area contributed by atoms with Gasteiger partial charge in [0.05, 0.1) is 6.54 Å². The number of carbonyl (C=O) groups is 1. The van der Waals surface area contributed by atoms with Gasteiger partial charge in [0.15, 0.2) is 11.9 Å². The van der Waals surface area contributed by atoms with Crippen LogP contribution < -0.4 is 4.74 Å². The summed E-state index contributed by atoms with van der Waals surface area (Å²) in [5, 5.41) is 9.19. The number of carbonyl (C=O) groups excluding carboxylic acids is 1. The number of amides is 1. The summed E-state index contributed by atoms with van der Waals surface area (Å²) in [4.78, 5) is 14.2. The maximum absolute atomic E-state index is 12.6. The van der Waals surface area contributed by atoms with Crippen LogP contribution in [-0.2, 0) is 24.3 Å². The first kappa shape index (κ1) is 17.7. The molecular weight excluding hydrogens is 340 g/mol. The van der Waals surface area contributed by atoms with Gasteiger partial charge in [-0.05, 0) is 44.0 Å². The lowest BCUT2D eigenvalue weighted by atomic mass is 10.2. The van der Waals surface area contributed by atoms with E-state index in [-0.39, 0.29) is 5.91 Å². The Morgan fingerprint density at radius 2 is 2.04 bits per heavy atom. The smallest absolute Gasteiger partial charge is 0.263 e. The predicted molar refractivity (Wildman–Crippen MR) is 95.6 cm³/mol. The molecule has 1 amide bonds. The van der Waals surface area contributed by atoms with Crippen molar-refractivity contribution in [2.45, 2.75) is 51.8 Å². The Labute approximate surface area is 152 Å². The molecule has 0 radical (unpaired) electrons. The highest BCUT2D eigenvalue weighted by molar-refractivity contribution is 6.30. The van der Waals surface area contributed by atoms with Gasteiger partial charge in [0.2, 0.25) is 0 Å². The maximum Gasteiger partial charge on any atom is 0.263 e. The molecule has 2 heterocycles. The molecule has 0 saturated carbocycles. The van der Waals surface area contributed by atoms with Crippen LogP contribution in [0.4, 0.5) is 0 Å². The molecule has 7 heteroatoms. The van der Waals surface area contributed by atoms with Crippen molar-refractivity contribution in [2.24, 2.45) is 0 Å². The second kappa shape index (κ2) is 7.87. The summed E-state index contributed by atoms with van der Waals surface area (Å²) in [6.45, 7) is 3.11. The molecular formula is C18H23ClN4O2. The van der Waals surface area contributed by atoms with Crippen molar-refractivity contribution in [3.05, 3.63) is 40.9 Å². The SMILES string of the molecule is C[C@@H](Oc1ccc(Cl)cc1)C(=O)N(C)Cc1nnc2n1CCCCC2. The number of halogens is 1. The first-order valence-corrected chi connectivity index (χ1v) is 9.00. The summed E-state index contributed by atoms with van der Waals surface area (Å²) in [6.07, 6.45) is 3.87. The fraction of sp³-hybridized carbons (Fsp3) is 0.500. The highest BCUT2D eigenvalue weighted by Gasteiger charge is 2.22. The average molecular weight is 363 g/mol. The molecule has 0 unspecified atom stereocenters. The molecule has 0 bridgehead atoms. The molecule has 0 fully saturated rings. The van der Waals surface area contributed by atoms with Crippen molar-refractivity contribution >= 4 is 17.5 Å². The van der Waals surface area contributed by atoms with Crippen LogP contribution in [0.1, 0.15) is 37.8 Å². The number of rotatable bonds is 5. The van der Waals surface area contributed by atoms with Gasteiger partial charge in [-0.15, -0.1) is 10.2 Å². The summed E-state index contributed by atoms with van der Waals surface area (Å²) in [5.41, 5.74) is 0. The van der Waals surface area contributed by atoms with E-state index in [1.165, 1.54) is 6.42 Å². The molecule has 1 aliphatic heterocycles. The van der Waals surface area contributed by atoms with E-state index in [4.69, 9.17) is 16.3 Å². The van der Waals surface area contributed by atoms with Crippen LogP contribution in [0.2, 0.25) is 5.02 Å². The second-order valence-electron chi connectivity index (χ2n) is 6.40. The minimum Gasteiger partial charge on any atom is -0.481 e. The molecule has 0 N–H and O–H groups in total. The number of aryl methyl sites for hydroxylation is 1. The largest absolute Gasteiger partial charge is 0.481 e. The van der Waals surface area contributed by atoms with Crippen LogP contribution in [0.25, 0.3) is 0 Å². The Hall–Kier alpha value is -2.08. The van der Waals surface area contributed by atoms with E-state index in [1.807, 2.05) is 0 Å². The molecule has 3 rings (SSSR count). The van der Waals surface area contributed by atoms with E-state index in [1.54, 1.807) is 43.1 Å². The molecule has 1 atom stereocenters. The minimum absolute atomic E-state index is 0.0964. The Morgan fingerprint density at radius 1 is 1.28 bits per heavy atom. The second-order valence-corrected chi connectivity index (χ2v) is 6.84. The van der Waals surface area contributed by atoms with Gasteiger partial charge in [-0.2, -0.15) is 0 Å². The molecule has 1 aromatic heterocycles. The molecule has 25 heavy (non-hydrogen) atoms. The lowest BCUT2D eigenvalue weighted by molar-refractivity contribution is -0.137. The first-order valence-electron chi connectivity index (χ1n) is 8.63. The maximum atomic E-state index is 12.6. The lowest BCUT2D eigenvalue weighted by Gasteiger charge is -2.22. The van der Waals surface area contributed by atoms with E-state index in [9.17, 15) is 4.79 Å². The van der Waals surface area contributed by atoms with Gasteiger partial charge in [-0.3, -0.25) is 4.79 Å². The minimum atomic E-state index is -0.585.